The number of benzene rings is 1. The van der Waals surface area contributed by atoms with Gasteiger partial charge in [0.2, 0.25) is 5.78 Å². The zero-order chi connectivity index (χ0) is 11.7. The van der Waals surface area contributed by atoms with Crippen molar-refractivity contribution in [3.63, 3.8) is 0 Å². The van der Waals surface area contributed by atoms with Gasteiger partial charge in [0.25, 0.3) is 0 Å². The molecule has 0 unspecified atom stereocenters. The van der Waals surface area contributed by atoms with E-state index >= 15 is 0 Å². The molecule has 0 aliphatic carbocycles. The van der Waals surface area contributed by atoms with E-state index in [-0.39, 0.29) is 17.0 Å². The average molecular weight is 311 g/mol. The Balaban J connectivity index is 0.00000120. The maximum Gasteiger partial charge on any atom is 0.216 e. The fourth-order valence-electron chi connectivity index (χ4n) is 2.99. The van der Waals surface area contributed by atoms with Crippen LogP contribution >= 0.6 is 0 Å². The van der Waals surface area contributed by atoms with E-state index in [0.29, 0.717) is 12.3 Å². The van der Waals surface area contributed by atoms with Crippen LogP contribution < -0.4 is 17.0 Å². The summed E-state index contributed by atoms with van der Waals surface area (Å²) in [5.74, 6) is 0.306. The molecule has 4 heteroatoms. The number of quaternary nitrogens is 1. The summed E-state index contributed by atoms with van der Waals surface area (Å²) in [5, 5.41) is 0. The largest absolute Gasteiger partial charge is 1.00 e. The van der Waals surface area contributed by atoms with Gasteiger partial charge in [0.05, 0.1) is 19.6 Å². The quantitative estimate of drug-likeness (QED) is 0.476. The summed E-state index contributed by atoms with van der Waals surface area (Å²) in [5.41, 5.74) is 0.869. The lowest BCUT2D eigenvalue weighted by atomic mass is 10.1. The van der Waals surface area contributed by atoms with Crippen LogP contribution in [0.3, 0.4) is 0 Å². The number of carbonyl (C=O) groups is 1. The van der Waals surface area contributed by atoms with Crippen molar-refractivity contribution < 1.29 is 26.3 Å². The van der Waals surface area contributed by atoms with Crippen LogP contribution in [0.4, 0.5) is 0 Å². The summed E-state index contributed by atoms with van der Waals surface area (Å²) in [4.78, 5) is 14.8. The lowest BCUT2D eigenvalue weighted by Crippen LogP contribution is -3.00. The van der Waals surface area contributed by atoms with Crippen molar-refractivity contribution in [2.45, 2.75) is 0 Å². The van der Waals surface area contributed by atoms with Gasteiger partial charge in [0.1, 0.15) is 6.54 Å². The number of carbonyl (C=O) groups excluding carboxylic acids is 1. The molecule has 0 radical (unpaired) electrons. The molecule has 4 rings (SSSR count). The molecule has 0 spiro atoms. The lowest BCUT2D eigenvalue weighted by molar-refractivity contribution is -0.933. The minimum Gasteiger partial charge on any atom is -1.00 e. The Morgan fingerprint density at radius 3 is 2.17 bits per heavy atom. The van der Waals surface area contributed by atoms with Crippen LogP contribution in [0.1, 0.15) is 10.4 Å². The number of hydrogen-bond acceptors (Lipinski definition) is 2. The molecule has 2 bridgehead atoms. The fraction of sp³-hybridized carbons (Fsp3) is 0.500. The van der Waals surface area contributed by atoms with Gasteiger partial charge in [0.15, 0.2) is 0 Å². The molecule has 3 aliphatic heterocycles. The summed E-state index contributed by atoms with van der Waals surface area (Å²) >= 11 is 0. The number of ketones is 1. The Labute approximate surface area is 119 Å². The molecule has 3 heterocycles. The van der Waals surface area contributed by atoms with Crippen molar-refractivity contribution in [2.75, 3.05) is 45.8 Å². The molecule has 18 heavy (non-hydrogen) atoms. The zero-order valence-electron chi connectivity index (χ0n) is 10.5. The summed E-state index contributed by atoms with van der Waals surface area (Å²) in [6, 6.07) is 9.72. The zero-order valence-corrected chi connectivity index (χ0v) is 12.1. The van der Waals surface area contributed by atoms with Crippen molar-refractivity contribution >= 4 is 5.78 Å². The number of fused-ring (bicyclic) bond motifs is 3. The first-order valence-electron chi connectivity index (χ1n) is 6.43. The van der Waals surface area contributed by atoms with E-state index in [1.807, 2.05) is 30.3 Å². The maximum absolute atomic E-state index is 12.3. The normalized spacial score (nSPS) is 29.7. The second kappa shape index (κ2) is 5.51. The lowest BCUT2D eigenvalue weighted by Gasteiger charge is -2.50. The third-order valence-corrected chi connectivity index (χ3v) is 4.25. The molecule has 3 saturated heterocycles. The van der Waals surface area contributed by atoms with E-state index in [9.17, 15) is 4.79 Å². The molecule has 1 aromatic carbocycles. The number of hydrogen-bond donors (Lipinski definition) is 0. The molecule has 0 N–H and O–H groups in total. The highest BCUT2D eigenvalue weighted by atomic mass is 79.9. The van der Waals surface area contributed by atoms with E-state index in [1.54, 1.807) is 0 Å². The molecule has 1 aromatic rings. The van der Waals surface area contributed by atoms with Crippen LogP contribution in [-0.4, -0.2) is 61.0 Å². The summed E-state index contributed by atoms with van der Waals surface area (Å²) in [6.45, 7) is 7.65. The van der Waals surface area contributed by atoms with Gasteiger partial charge in [-0.25, -0.2) is 0 Å². The van der Waals surface area contributed by atoms with Gasteiger partial charge in [-0.2, -0.15) is 0 Å². The van der Waals surface area contributed by atoms with E-state index < -0.39 is 0 Å². The molecule has 3 aliphatic rings. The molecular weight excluding hydrogens is 292 g/mol. The Bertz CT molecular complexity index is 399. The first kappa shape index (κ1) is 13.7. The minimum atomic E-state index is 0. The van der Waals surface area contributed by atoms with Crippen LogP contribution in [0.5, 0.6) is 0 Å². The van der Waals surface area contributed by atoms with Crippen molar-refractivity contribution in [1.82, 2.24) is 4.90 Å². The Morgan fingerprint density at radius 2 is 1.61 bits per heavy atom. The number of Topliss-reactive ketones (excluding diaryl/α,β-unsaturated/α-hetero) is 1. The smallest absolute Gasteiger partial charge is 0.216 e. The van der Waals surface area contributed by atoms with Crippen LogP contribution in [-0.2, 0) is 0 Å². The number of rotatable bonds is 3. The Morgan fingerprint density at radius 1 is 1.06 bits per heavy atom. The van der Waals surface area contributed by atoms with Crippen molar-refractivity contribution in [3.05, 3.63) is 35.9 Å². The molecule has 3 fully saturated rings. The van der Waals surface area contributed by atoms with Crippen molar-refractivity contribution in [1.29, 1.82) is 0 Å². The standard InChI is InChI=1S/C14H19N2O.BrH/c17-14(13-4-2-1-3-5-13)12-16-9-6-15(7-10-16)8-11-16;/h1-5H,6-12H2;1H/q+1;/p-1. The van der Waals surface area contributed by atoms with E-state index in [4.69, 9.17) is 0 Å². The first-order valence-corrected chi connectivity index (χ1v) is 6.43. The molecule has 0 aromatic heterocycles. The Hall–Kier alpha value is -0.710. The van der Waals surface area contributed by atoms with Crippen LogP contribution in [0, 0.1) is 0 Å². The second-order valence-corrected chi connectivity index (χ2v) is 5.30. The molecule has 0 amide bonds. The van der Waals surface area contributed by atoms with Gasteiger partial charge in [-0.15, -0.1) is 0 Å². The predicted molar refractivity (Wildman–Crippen MR) is 66.9 cm³/mol. The SMILES string of the molecule is O=C(C[N+]12CCN(CC1)CC2)c1ccccc1.[Br-]. The molecule has 0 saturated carbocycles. The fourth-order valence-corrected chi connectivity index (χ4v) is 2.99. The van der Waals surface area contributed by atoms with Gasteiger partial charge in [0, 0.05) is 25.2 Å². The molecule has 3 nitrogen and oxygen atoms in total. The second-order valence-electron chi connectivity index (χ2n) is 5.30. The molecule has 98 valence electrons. The Kier molecular flexibility index (Phi) is 4.20. The highest BCUT2D eigenvalue weighted by molar-refractivity contribution is 5.96. The van der Waals surface area contributed by atoms with Gasteiger partial charge in [-0.1, -0.05) is 30.3 Å². The van der Waals surface area contributed by atoms with Crippen molar-refractivity contribution in [3.8, 4) is 0 Å². The van der Waals surface area contributed by atoms with E-state index in [0.717, 1.165) is 29.7 Å². The summed E-state index contributed by atoms with van der Waals surface area (Å²) in [6.07, 6.45) is 0. The van der Waals surface area contributed by atoms with E-state index in [1.165, 1.54) is 19.6 Å². The third kappa shape index (κ3) is 2.66. The third-order valence-electron chi connectivity index (χ3n) is 4.25. The summed E-state index contributed by atoms with van der Waals surface area (Å²) in [7, 11) is 0. The number of halogens is 1. The van der Waals surface area contributed by atoms with Gasteiger partial charge in [-0.3, -0.25) is 9.69 Å². The maximum atomic E-state index is 12.3. The molecule has 0 atom stereocenters. The summed E-state index contributed by atoms with van der Waals surface area (Å²) < 4.78 is 1.02. The van der Waals surface area contributed by atoms with Gasteiger partial charge in [-0.05, 0) is 0 Å². The monoisotopic (exact) mass is 310 g/mol. The first-order chi connectivity index (χ1) is 8.27. The van der Waals surface area contributed by atoms with Crippen LogP contribution in [0.15, 0.2) is 30.3 Å². The minimum absolute atomic E-state index is 0. The van der Waals surface area contributed by atoms with Crippen LogP contribution in [0.25, 0.3) is 0 Å². The number of nitrogens with zero attached hydrogens (tertiary/aromatic N) is 2. The highest BCUT2D eigenvalue weighted by Crippen LogP contribution is 2.20. The van der Waals surface area contributed by atoms with E-state index in [2.05, 4.69) is 4.90 Å². The topological polar surface area (TPSA) is 20.3 Å². The van der Waals surface area contributed by atoms with Crippen molar-refractivity contribution in [2.24, 2.45) is 0 Å². The average Bonchev–Trinajstić information content (AvgIpc) is 2.41. The van der Waals surface area contributed by atoms with Gasteiger partial charge >= 0.3 is 0 Å². The van der Waals surface area contributed by atoms with Gasteiger partial charge < -0.3 is 21.5 Å². The molecular formula is C14H19BrN2O. The highest BCUT2D eigenvalue weighted by Gasteiger charge is 2.39. The van der Waals surface area contributed by atoms with Crippen LogP contribution in [0.2, 0.25) is 0 Å². The number of piperazine rings is 3. The predicted octanol–water partition coefficient (Wildman–Crippen LogP) is -1.98.